The fraction of sp³-hybridized carbons (Fsp3) is 0.367. The summed E-state index contributed by atoms with van der Waals surface area (Å²) in [5, 5.41) is 0. The van der Waals surface area contributed by atoms with Crippen molar-refractivity contribution >= 4 is 23.3 Å². The second-order valence-corrected chi connectivity index (χ2v) is 10.6. The average Bonchev–Trinajstić information content (AvgIpc) is 3.22. The van der Waals surface area contributed by atoms with E-state index in [-0.39, 0.29) is 11.5 Å². The van der Waals surface area contributed by atoms with E-state index in [0.717, 1.165) is 16.9 Å². The van der Waals surface area contributed by atoms with Crippen LogP contribution in [0, 0.1) is 5.92 Å². The minimum Gasteiger partial charge on any atom is -0.496 e. The number of aromatic nitrogens is 1. The van der Waals surface area contributed by atoms with Gasteiger partial charge in [0.1, 0.15) is 17.5 Å². The van der Waals surface area contributed by atoms with Gasteiger partial charge in [-0.25, -0.2) is 4.99 Å². The fourth-order valence-electron chi connectivity index (χ4n) is 4.54. The number of methoxy groups -OCH3 is 1. The molecule has 2 aromatic carbocycles. The van der Waals surface area contributed by atoms with Crippen molar-refractivity contribution < 1.29 is 14.3 Å². The van der Waals surface area contributed by atoms with Gasteiger partial charge in [-0.3, -0.25) is 14.2 Å². The molecule has 0 spiro atoms. The lowest BCUT2D eigenvalue weighted by Crippen LogP contribution is -2.43. The van der Waals surface area contributed by atoms with Gasteiger partial charge in [0.2, 0.25) is 0 Å². The number of carbonyl (C=O) groups is 1. The number of likely N-dealkylation sites (N-methyl/N-ethyl adjacent to an activating group) is 1. The summed E-state index contributed by atoms with van der Waals surface area (Å²) in [6, 6.07) is 14.6. The first kappa shape index (κ1) is 27.4. The summed E-state index contributed by atoms with van der Waals surface area (Å²) in [5.41, 5.74) is 2.54. The highest BCUT2D eigenvalue weighted by atomic mass is 32.1. The normalized spacial score (nSPS) is 15.3. The zero-order valence-corrected chi connectivity index (χ0v) is 23.7. The van der Waals surface area contributed by atoms with Gasteiger partial charge in [0.05, 0.1) is 29.5 Å². The van der Waals surface area contributed by atoms with E-state index in [1.54, 1.807) is 16.6 Å². The van der Waals surface area contributed by atoms with Crippen molar-refractivity contribution in [3.8, 4) is 11.5 Å². The Labute approximate surface area is 227 Å². The van der Waals surface area contributed by atoms with Gasteiger partial charge in [-0.15, -0.1) is 0 Å². The zero-order chi connectivity index (χ0) is 27.4. The van der Waals surface area contributed by atoms with Gasteiger partial charge in [0, 0.05) is 18.7 Å². The van der Waals surface area contributed by atoms with Gasteiger partial charge < -0.3 is 14.4 Å². The molecule has 0 N–H and O–H groups in total. The molecular weight excluding hydrogens is 498 g/mol. The molecule has 1 atom stereocenters. The standard InChI is InChI=1S/C30H35N3O4S/c1-7-32(8-2)29(35)26-20(5)31-30-33(27(26)23-11-9-10-12-24(23)36-6)28(34)25(38-30)17-21-13-15-22(16-14-21)37-18-19(3)4/h9-17,19,27H,7-8,18H2,1-6H3/b25-17-/t27-/m0/s1. The third kappa shape index (κ3) is 5.45. The molecule has 3 aromatic rings. The largest absolute Gasteiger partial charge is 0.496 e. The molecule has 38 heavy (non-hydrogen) atoms. The quantitative estimate of drug-likeness (QED) is 0.414. The lowest BCUT2D eigenvalue weighted by molar-refractivity contribution is -0.127. The van der Waals surface area contributed by atoms with E-state index in [2.05, 4.69) is 13.8 Å². The number of para-hydroxylation sites is 1. The third-order valence-corrected chi connectivity index (χ3v) is 7.48. The van der Waals surface area contributed by atoms with Crippen molar-refractivity contribution in [2.24, 2.45) is 10.9 Å². The molecule has 0 radical (unpaired) electrons. The van der Waals surface area contributed by atoms with Crippen LogP contribution in [0.25, 0.3) is 6.08 Å². The molecule has 7 nitrogen and oxygen atoms in total. The molecule has 1 aliphatic heterocycles. The molecule has 4 rings (SSSR count). The maximum absolute atomic E-state index is 13.9. The highest BCUT2D eigenvalue weighted by Gasteiger charge is 2.35. The minimum atomic E-state index is -0.649. The summed E-state index contributed by atoms with van der Waals surface area (Å²) in [6.07, 6.45) is 1.86. The Bertz CT molecular complexity index is 1510. The topological polar surface area (TPSA) is 73.1 Å². The van der Waals surface area contributed by atoms with Gasteiger partial charge >= 0.3 is 0 Å². The molecule has 8 heteroatoms. The highest BCUT2D eigenvalue weighted by Crippen LogP contribution is 2.36. The van der Waals surface area contributed by atoms with Gasteiger partial charge in [-0.2, -0.15) is 0 Å². The maximum Gasteiger partial charge on any atom is 0.271 e. The number of thiazole rings is 1. The van der Waals surface area contributed by atoms with E-state index in [9.17, 15) is 9.59 Å². The summed E-state index contributed by atoms with van der Waals surface area (Å²) in [6.45, 7) is 11.7. The Morgan fingerprint density at radius 3 is 2.45 bits per heavy atom. The van der Waals surface area contributed by atoms with Gasteiger partial charge in [-0.1, -0.05) is 55.5 Å². The van der Waals surface area contributed by atoms with E-state index in [4.69, 9.17) is 14.5 Å². The van der Waals surface area contributed by atoms with E-state index >= 15 is 0 Å². The average molecular weight is 534 g/mol. The minimum absolute atomic E-state index is 0.126. The fourth-order valence-corrected chi connectivity index (χ4v) is 5.58. The van der Waals surface area contributed by atoms with Crippen LogP contribution in [0.1, 0.15) is 51.8 Å². The molecule has 2 heterocycles. The van der Waals surface area contributed by atoms with Crippen molar-refractivity contribution in [3.63, 3.8) is 0 Å². The number of nitrogens with zero attached hydrogens (tertiary/aromatic N) is 3. The molecular formula is C30H35N3O4S. The molecule has 0 saturated heterocycles. The number of fused-ring (bicyclic) bond motifs is 1. The van der Waals surface area contributed by atoms with E-state index in [1.165, 1.54) is 11.3 Å². The molecule has 0 aliphatic carbocycles. The smallest absolute Gasteiger partial charge is 0.271 e. The van der Waals surface area contributed by atoms with Crippen LogP contribution in [-0.4, -0.2) is 42.2 Å². The van der Waals surface area contributed by atoms with Crippen molar-refractivity contribution in [2.45, 2.75) is 40.7 Å². The lowest BCUT2D eigenvalue weighted by Gasteiger charge is -2.29. The molecule has 0 bridgehead atoms. The van der Waals surface area contributed by atoms with Crippen LogP contribution >= 0.6 is 11.3 Å². The Morgan fingerprint density at radius 1 is 1.13 bits per heavy atom. The first-order valence-corrected chi connectivity index (χ1v) is 13.8. The Hall–Kier alpha value is -3.65. The highest BCUT2D eigenvalue weighted by molar-refractivity contribution is 7.07. The third-order valence-electron chi connectivity index (χ3n) is 6.50. The number of hydrogen-bond donors (Lipinski definition) is 0. The van der Waals surface area contributed by atoms with Crippen LogP contribution in [0.2, 0.25) is 0 Å². The van der Waals surface area contributed by atoms with Gasteiger partial charge in [0.15, 0.2) is 4.80 Å². The number of carbonyl (C=O) groups excluding carboxylic acids is 1. The lowest BCUT2D eigenvalue weighted by atomic mass is 9.94. The van der Waals surface area contributed by atoms with Crippen LogP contribution in [0.4, 0.5) is 0 Å². The molecule has 0 fully saturated rings. The van der Waals surface area contributed by atoms with Crippen molar-refractivity contribution in [1.29, 1.82) is 0 Å². The maximum atomic E-state index is 13.9. The number of rotatable bonds is 9. The number of benzene rings is 2. The van der Waals surface area contributed by atoms with E-state index in [0.29, 0.717) is 52.0 Å². The van der Waals surface area contributed by atoms with Gasteiger partial charge in [0.25, 0.3) is 11.5 Å². The second-order valence-electron chi connectivity index (χ2n) is 9.58. The predicted molar refractivity (Wildman–Crippen MR) is 151 cm³/mol. The molecule has 1 aromatic heterocycles. The molecule has 1 aliphatic rings. The number of ether oxygens (including phenoxy) is 2. The van der Waals surface area contributed by atoms with Crippen molar-refractivity contribution in [3.05, 3.63) is 90.6 Å². The summed E-state index contributed by atoms with van der Waals surface area (Å²) in [5.74, 6) is 1.72. The summed E-state index contributed by atoms with van der Waals surface area (Å²) in [7, 11) is 1.60. The number of allylic oxidation sites excluding steroid dienone is 1. The Kier molecular flexibility index (Phi) is 8.52. The van der Waals surface area contributed by atoms with Crippen molar-refractivity contribution in [1.82, 2.24) is 9.47 Å². The molecule has 0 saturated carbocycles. The molecule has 1 amide bonds. The van der Waals surface area contributed by atoms with Crippen LogP contribution in [0.3, 0.4) is 0 Å². The predicted octanol–water partition coefficient (Wildman–Crippen LogP) is 4.15. The summed E-state index contributed by atoms with van der Waals surface area (Å²) in [4.78, 5) is 34.7. The Balaban J connectivity index is 1.86. The van der Waals surface area contributed by atoms with Crippen LogP contribution in [0.5, 0.6) is 11.5 Å². The zero-order valence-electron chi connectivity index (χ0n) is 22.9. The van der Waals surface area contributed by atoms with Crippen LogP contribution < -0.4 is 24.4 Å². The van der Waals surface area contributed by atoms with Gasteiger partial charge in [-0.05, 0) is 56.5 Å². The van der Waals surface area contributed by atoms with E-state index in [1.807, 2.05) is 75.4 Å². The summed E-state index contributed by atoms with van der Waals surface area (Å²) >= 11 is 1.32. The Morgan fingerprint density at radius 2 is 1.82 bits per heavy atom. The van der Waals surface area contributed by atoms with E-state index < -0.39 is 6.04 Å². The number of amides is 1. The first-order chi connectivity index (χ1) is 18.3. The van der Waals surface area contributed by atoms with Crippen molar-refractivity contribution in [2.75, 3.05) is 26.8 Å². The first-order valence-electron chi connectivity index (χ1n) is 13.0. The summed E-state index contributed by atoms with van der Waals surface area (Å²) < 4.78 is 13.6. The molecule has 0 unspecified atom stereocenters. The monoisotopic (exact) mass is 533 g/mol. The van der Waals surface area contributed by atoms with Crippen LogP contribution in [-0.2, 0) is 4.79 Å². The van der Waals surface area contributed by atoms with Crippen LogP contribution in [0.15, 0.2) is 69.6 Å². The second kappa shape index (κ2) is 11.8. The molecule has 200 valence electrons. The SMILES string of the molecule is CCN(CC)C(=O)C1=C(C)N=c2s/c(=C\c3ccc(OCC(C)C)cc3)c(=O)n2[C@H]1c1ccccc1OC. The number of hydrogen-bond acceptors (Lipinski definition) is 6.